The van der Waals surface area contributed by atoms with Crippen LogP contribution < -0.4 is 0 Å². The molecule has 0 rings (SSSR count). The van der Waals surface area contributed by atoms with Crippen LogP contribution in [0.2, 0.25) is 0 Å². The first-order chi connectivity index (χ1) is 7.16. The van der Waals surface area contributed by atoms with Crippen molar-refractivity contribution in [2.75, 3.05) is 6.54 Å². The van der Waals surface area contributed by atoms with Crippen molar-refractivity contribution in [1.82, 2.24) is 0 Å². The van der Waals surface area contributed by atoms with Gasteiger partial charge in [0, 0.05) is 6.42 Å². The third-order valence-corrected chi connectivity index (χ3v) is 2.32. The van der Waals surface area contributed by atoms with Crippen molar-refractivity contribution < 1.29 is 9.53 Å². The van der Waals surface area contributed by atoms with Crippen molar-refractivity contribution in [3.63, 3.8) is 0 Å². The molecule has 0 bridgehead atoms. The van der Waals surface area contributed by atoms with Crippen LogP contribution in [0, 0.1) is 5.21 Å². The Hall–Kier alpha value is -0.860. The quantitative estimate of drug-likeness (QED) is 0.194. The molecule has 3 heteroatoms. The summed E-state index contributed by atoms with van der Waals surface area (Å²) >= 11 is 0. The molecule has 0 aliphatic carbocycles. The molecule has 0 aromatic carbocycles. The average molecular weight is 213 g/mol. The zero-order valence-electron chi connectivity index (χ0n) is 10.00. The molecule has 0 unspecified atom stereocenters. The fourth-order valence-corrected chi connectivity index (χ4v) is 1.34. The van der Waals surface area contributed by atoms with Gasteiger partial charge in [-0.05, 0) is 13.3 Å². The fraction of sp³-hybridized carbons (Fsp3) is 0.833. The van der Waals surface area contributed by atoms with E-state index in [0.29, 0.717) is 13.0 Å². The average Bonchev–Trinajstić information content (AvgIpc) is 2.20. The van der Waals surface area contributed by atoms with Gasteiger partial charge in [-0.1, -0.05) is 32.6 Å². The van der Waals surface area contributed by atoms with E-state index in [0.717, 1.165) is 17.6 Å². The number of ketones is 1. The Bertz CT molecular complexity index is 200. The first-order valence-electron chi connectivity index (χ1n) is 5.93. The standard InChI is InChI=1S/C12H23NO2/c1-3-4-5-6-7-8-10-13(15)11-9-12(2)14/h10H,3-9,11H2,1-2H3/b13-10+. The van der Waals surface area contributed by atoms with Gasteiger partial charge >= 0.3 is 0 Å². The van der Waals surface area contributed by atoms with Gasteiger partial charge in [0.25, 0.3) is 0 Å². The molecule has 0 aromatic heterocycles. The predicted molar refractivity (Wildman–Crippen MR) is 63.2 cm³/mol. The molecule has 0 aliphatic rings. The fourth-order valence-electron chi connectivity index (χ4n) is 1.34. The number of carbonyl (C=O) groups is 1. The molecule has 0 N–H and O–H groups in total. The van der Waals surface area contributed by atoms with Gasteiger partial charge in [0.05, 0.1) is 6.42 Å². The Morgan fingerprint density at radius 3 is 2.53 bits per heavy atom. The Morgan fingerprint density at radius 1 is 1.27 bits per heavy atom. The number of carbonyl (C=O) groups excluding carboxylic acids is 1. The van der Waals surface area contributed by atoms with Crippen LogP contribution in [0.1, 0.15) is 58.8 Å². The predicted octanol–water partition coefficient (Wildman–Crippen LogP) is 2.91. The van der Waals surface area contributed by atoms with Gasteiger partial charge in [0.15, 0.2) is 12.8 Å². The van der Waals surface area contributed by atoms with E-state index in [1.54, 1.807) is 6.21 Å². The van der Waals surface area contributed by atoms with E-state index in [1.807, 2.05) is 0 Å². The molecular weight excluding hydrogens is 190 g/mol. The SMILES string of the molecule is CCCCCCC/C=[N+](/[O-])CCC(C)=O. The molecular formula is C12H23NO2. The minimum Gasteiger partial charge on any atom is -0.624 e. The van der Waals surface area contributed by atoms with Crippen molar-refractivity contribution in [3.8, 4) is 0 Å². The Labute approximate surface area is 92.8 Å². The lowest BCUT2D eigenvalue weighted by molar-refractivity contribution is -0.452. The zero-order valence-corrected chi connectivity index (χ0v) is 10.00. The number of hydrogen-bond acceptors (Lipinski definition) is 2. The molecule has 0 atom stereocenters. The van der Waals surface area contributed by atoms with Crippen LogP contribution in [-0.4, -0.2) is 23.3 Å². The molecule has 0 saturated carbocycles. The van der Waals surface area contributed by atoms with E-state index in [4.69, 9.17) is 0 Å². The lowest BCUT2D eigenvalue weighted by atomic mass is 10.1. The van der Waals surface area contributed by atoms with Crippen LogP contribution in [0.25, 0.3) is 0 Å². The van der Waals surface area contributed by atoms with Crippen LogP contribution in [0.15, 0.2) is 0 Å². The van der Waals surface area contributed by atoms with E-state index in [9.17, 15) is 10.0 Å². The van der Waals surface area contributed by atoms with Crippen molar-refractivity contribution >= 4 is 12.0 Å². The molecule has 0 heterocycles. The molecule has 15 heavy (non-hydrogen) atoms. The lowest BCUT2D eigenvalue weighted by Crippen LogP contribution is -2.10. The van der Waals surface area contributed by atoms with Gasteiger partial charge in [-0.3, -0.25) is 4.79 Å². The Balaban J connectivity index is 3.37. The van der Waals surface area contributed by atoms with Gasteiger partial charge in [0.2, 0.25) is 0 Å². The maximum absolute atomic E-state index is 11.1. The minimum absolute atomic E-state index is 0.0761. The van der Waals surface area contributed by atoms with Crippen LogP contribution in [0.3, 0.4) is 0 Å². The van der Waals surface area contributed by atoms with Gasteiger partial charge < -0.3 is 5.21 Å². The molecule has 0 saturated heterocycles. The number of hydrogen-bond donors (Lipinski definition) is 0. The number of Topliss-reactive ketones (excluding diaryl/α,β-unsaturated/α-hetero) is 1. The maximum atomic E-state index is 11.1. The lowest BCUT2D eigenvalue weighted by Gasteiger charge is -2.02. The Kier molecular flexibility index (Phi) is 9.13. The smallest absolute Gasteiger partial charge is 0.160 e. The molecule has 0 radical (unpaired) electrons. The zero-order chi connectivity index (χ0) is 11.5. The Morgan fingerprint density at radius 2 is 1.93 bits per heavy atom. The third kappa shape index (κ3) is 11.1. The second-order valence-electron chi connectivity index (χ2n) is 3.98. The summed E-state index contributed by atoms with van der Waals surface area (Å²) < 4.78 is 0.890. The molecule has 0 amide bonds. The molecule has 0 spiro atoms. The van der Waals surface area contributed by atoms with Crippen molar-refractivity contribution in [2.24, 2.45) is 0 Å². The summed E-state index contributed by atoms with van der Waals surface area (Å²) in [7, 11) is 0. The van der Waals surface area contributed by atoms with Gasteiger partial charge in [0.1, 0.15) is 5.78 Å². The monoisotopic (exact) mass is 213 g/mol. The molecule has 3 nitrogen and oxygen atoms in total. The summed E-state index contributed by atoms with van der Waals surface area (Å²) in [5.74, 6) is 0.0761. The summed E-state index contributed by atoms with van der Waals surface area (Å²) in [5, 5.41) is 11.1. The summed E-state index contributed by atoms with van der Waals surface area (Å²) in [6.07, 6.45) is 8.93. The van der Waals surface area contributed by atoms with E-state index in [2.05, 4.69) is 6.92 Å². The van der Waals surface area contributed by atoms with Gasteiger partial charge in [-0.2, -0.15) is 0 Å². The topological polar surface area (TPSA) is 43.1 Å². The molecule has 88 valence electrons. The molecule has 0 aromatic rings. The van der Waals surface area contributed by atoms with E-state index < -0.39 is 0 Å². The maximum Gasteiger partial charge on any atom is 0.160 e. The van der Waals surface area contributed by atoms with Crippen LogP contribution in [0.5, 0.6) is 0 Å². The summed E-state index contributed by atoms with van der Waals surface area (Å²) in [6.45, 7) is 4.01. The van der Waals surface area contributed by atoms with Crippen molar-refractivity contribution in [1.29, 1.82) is 0 Å². The van der Waals surface area contributed by atoms with Crippen LogP contribution >= 0.6 is 0 Å². The number of nitrogens with zero attached hydrogens (tertiary/aromatic N) is 1. The molecule has 0 aliphatic heterocycles. The van der Waals surface area contributed by atoms with Gasteiger partial charge in [-0.25, -0.2) is 4.74 Å². The second-order valence-corrected chi connectivity index (χ2v) is 3.98. The van der Waals surface area contributed by atoms with E-state index in [1.165, 1.54) is 32.6 Å². The first-order valence-corrected chi connectivity index (χ1v) is 5.93. The largest absolute Gasteiger partial charge is 0.624 e. The highest BCUT2D eigenvalue weighted by molar-refractivity contribution is 5.75. The third-order valence-electron chi connectivity index (χ3n) is 2.32. The second kappa shape index (κ2) is 9.69. The van der Waals surface area contributed by atoms with Crippen molar-refractivity contribution in [2.45, 2.75) is 58.8 Å². The molecule has 0 fully saturated rings. The van der Waals surface area contributed by atoms with Crippen LogP contribution in [-0.2, 0) is 4.79 Å². The number of rotatable bonds is 9. The summed E-state index contributed by atoms with van der Waals surface area (Å²) in [6, 6.07) is 0. The summed E-state index contributed by atoms with van der Waals surface area (Å²) in [5.41, 5.74) is 0. The van der Waals surface area contributed by atoms with E-state index >= 15 is 0 Å². The van der Waals surface area contributed by atoms with E-state index in [-0.39, 0.29) is 5.78 Å². The van der Waals surface area contributed by atoms with Crippen molar-refractivity contribution in [3.05, 3.63) is 5.21 Å². The highest BCUT2D eigenvalue weighted by Gasteiger charge is 1.97. The number of hydroxylamine groups is 1. The first kappa shape index (κ1) is 14.1. The van der Waals surface area contributed by atoms with Crippen LogP contribution in [0.4, 0.5) is 0 Å². The van der Waals surface area contributed by atoms with Gasteiger partial charge in [-0.15, -0.1) is 0 Å². The highest BCUT2D eigenvalue weighted by atomic mass is 16.5. The normalized spacial score (nSPS) is 11.7. The number of unbranched alkanes of at least 4 members (excludes halogenated alkanes) is 5. The highest BCUT2D eigenvalue weighted by Crippen LogP contribution is 2.03. The minimum atomic E-state index is 0.0761. The summed E-state index contributed by atoms with van der Waals surface area (Å²) in [4.78, 5) is 10.6.